The molecule has 0 saturated heterocycles. The van der Waals surface area contributed by atoms with Crippen LogP contribution in [0.3, 0.4) is 0 Å². The van der Waals surface area contributed by atoms with Crippen LogP contribution in [-0.4, -0.2) is 27.0 Å². The van der Waals surface area contributed by atoms with E-state index >= 15 is 0 Å². The highest BCUT2D eigenvalue weighted by molar-refractivity contribution is 7.99. The minimum absolute atomic E-state index is 0.0263. The van der Waals surface area contributed by atoms with Crippen LogP contribution in [0.1, 0.15) is 0 Å². The minimum atomic E-state index is -0.470. The number of aromatic amines is 1. The van der Waals surface area contributed by atoms with Gasteiger partial charge in [0.1, 0.15) is 22.6 Å². The Hall–Kier alpha value is -2.61. The predicted molar refractivity (Wildman–Crippen MR) is 77.7 cm³/mol. The molecule has 0 unspecified atom stereocenters. The summed E-state index contributed by atoms with van der Waals surface area (Å²) < 4.78 is 5.16. The van der Waals surface area contributed by atoms with E-state index < -0.39 is 4.92 Å². The highest BCUT2D eigenvalue weighted by atomic mass is 32.2. The number of nitro groups is 1. The lowest BCUT2D eigenvalue weighted by molar-refractivity contribution is -0.385. The number of aromatic nitrogens is 3. The molecule has 0 radical (unpaired) electrons. The maximum Gasteiger partial charge on any atom is 0.287 e. The summed E-state index contributed by atoms with van der Waals surface area (Å²) in [6, 6.07) is 4.94. The van der Waals surface area contributed by atoms with E-state index in [-0.39, 0.29) is 5.69 Å². The van der Waals surface area contributed by atoms with Crippen molar-refractivity contribution < 1.29 is 9.66 Å². The van der Waals surface area contributed by atoms with Crippen molar-refractivity contribution in [3.63, 3.8) is 0 Å². The van der Waals surface area contributed by atoms with E-state index in [4.69, 9.17) is 4.74 Å². The second kappa shape index (κ2) is 5.41. The third-order valence-corrected chi connectivity index (χ3v) is 3.86. The molecule has 3 aromatic rings. The van der Waals surface area contributed by atoms with E-state index in [9.17, 15) is 10.1 Å². The predicted octanol–water partition coefficient (Wildman–Crippen LogP) is 3.03. The van der Waals surface area contributed by atoms with Gasteiger partial charge in [-0.3, -0.25) is 10.1 Å². The maximum atomic E-state index is 10.6. The Balaban J connectivity index is 1.92. The minimum Gasteiger partial charge on any atom is -0.495 e. The molecule has 0 aromatic carbocycles. The number of pyridine rings is 2. The SMILES string of the molecule is COc1cnc2[nH]cc(Sc3ccc([N+](=O)[O-])cn3)c2c1. The van der Waals surface area contributed by atoms with Crippen LogP contribution >= 0.6 is 11.8 Å². The number of hydrogen-bond donors (Lipinski definition) is 1. The average molecular weight is 302 g/mol. The molecule has 7 nitrogen and oxygen atoms in total. The summed E-state index contributed by atoms with van der Waals surface area (Å²) in [6.07, 6.45) is 4.71. The van der Waals surface area contributed by atoms with E-state index in [0.29, 0.717) is 10.8 Å². The molecular formula is C13H10N4O3S. The molecular weight excluding hydrogens is 292 g/mol. The van der Waals surface area contributed by atoms with Crippen LogP contribution in [0.15, 0.2) is 46.7 Å². The fourth-order valence-electron chi connectivity index (χ4n) is 1.81. The van der Waals surface area contributed by atoms with Gasteiger partial charge in [-0.25, -0.2) is 9.97 Å². The third-order valence-electron chi connectivity index (χ3n) is 2.85. The van der Waals surface area contributed by atoms with Crippen molar-refractivity contribution in [1.82, 2.24) is 15.0 Å². The van der Waals surface area contributed by atoms with Crippen molar-refractivity contribution in [2.45, 2.75) is 9.92 Å². The zero-order valence-corrected chi connectivity index (χ0v) is 11.8. The van der Waals surface area contributed by atoms with Crippen LogP contribution in [0.5, 0.6) is 5.75 Å². The van der Waals surface area contributed by atoms with Gasteiger partial charge in [-0.1, -0.05) is 11.8 Å². The number of ether oxygens (including phenoxy) is 1. The van der Waals surface area contributed by atoms with E-state index in [1.807, 2.05) is 12.3 Å². The second-order valence-electron chi connectivity index (χ2n) is 4.14. The molecule has 0 aliphatic heterocycles. The largest absolute Gasteiger partial charge is 0.495 e. The molecule has 0 bridgehead atoms. The molecule has 3 rings (SSSR count). The molecule has 0 aliphatic carbocycles. The Kier molecular flexibility index (Phi) is 3.44. The maximum absolute atomic E-state index is 10.6. The van der Waals surface area contributed by atoms with Crippen molar-refractivity contribution in [3.8, 4) is 5.75 Å². The molecule has 3 heterocycles. The van der Waals surface area contributed by atoms with E-state index in [0.717, 1.165) is 15.9 Å². The van der Waals surface area contributed by atoms with Crippen LogP contribution in [0, 0.1) is 10.1 Å². The zero-order valence-electron chi connectivity index (χ0n) is 10.9. The van der Waals surface area contributed by atoms with Crippen LogP contribution in [0.2, 0.25) is 0 Å². The van der Waals surface area contributed by atoms with Gasteiger partial charge in [0.05, 0.1) is 18.2 Å². The molecule has 0 atom stereocenters. The van der Waals surface area contributed by atoms with Crippen molar-refractivity contribution >= 4 is 28.5 Å². The summed E-state index contributed by atoms with van der Waals surface area (Å²) in [5, 5.41) is 12.2. The van der Waals surface area contributed by atoms with Crippen LogP contribution in [0.25, 0.3) is 11.0 Å². The normalized spacial score (nSPS) is 10.7. The Bertz CT molecular complexity index is 801. The van der Waals surface area contributed by atoms with Gasteiger partial charge in [0.2, 0.25) is 0 Å². The Morgan fingerprint density at radius 2 is 2.19 bits per heavy atom. The molecule has 21 heavy (non-hydrogen) atoms. The molecule has 0 amide bonds. The fraction of sp³-hybridized carbons (Fsp3) is 0.0769. The van der Waals surface area contributed by atoms with Crippen LogP contribution < -0.4 is 4.74 Å². The lowest BCUT2D eigenvalue weighted by atomic mass is 10.3. The van der Waals surface area contributed by atoms with Gasteiger partial charge in [-0.05, 0) is 12.1 Å². The van der Waals surface area contributed by atoms with E-state index in [1.165, 1.54) is 24.0 Å². The molecule has 3 aromatic heterocycles. The highest BCUT2D eigenvalue weighted by Crippen LogP contribution is 2.33. The summed E-state index contributed by atoms with van der Waals surface area (Å²) in [6.45, 7) is 0. The second-order valence-corrected chi connectivity index (χ2v) is 5.20. The van der Waals surface area contributed by atoms with E-state index in [1.54, 1.807) is 19.4 Å². The molecule has 0 aliphatic rings. The van der Waals surface area contributed by atoms with Gasteiger partial charge in [-0.15, -0.1) is 0 Å². The summed E-state index contributed by atoms with van der Waals surface area (Å²) >= 11 is 1.40. The van der Waals surface area contributed by atoms with Crippen molar-refractivity contribution in [3.05, 3.63) is 46.9 Å². The topological polar surface area (TPSA) is 93.9 Å². The Morgan fingerprint density at radius 3 is 2.86 bits per heavy atom. The Morgan fingerprint density at radius 1 is 1.33 bits per heavy atom. The fourth-order valence-corrected chi connectivity index (χ4v) is 2.66. The number of nitrogens with one attached hydrogen (secondary N) is 1. The summed E-state index contributed by atoms with van der Waals surface area (Å²) in [5.41, 5.74) is 0.724. The molecule has 0 spiro atoms. The number of H-pyrrole nitrogens is 1. The first kappa shape index (κ1) is 13.4. The first-order valence-electron chi connectivity index (χ1n) is 5.97. The van der Waals surface area contributed by atoms with Crippen molar-refractivity contribution in [2.75, 3.05) is 7.11 Å². The number of rotatable bonds is 4. The van der Waals surface area contributed by atoms with Gasteiger partial charge >= 0.3 is 0 Å². The quantitative estimate of drug-likeness (QED) is 0.588. The van der Waals surface area contributed by atoms with Crippen LogP contribution in [-0.2, 0) is 0 Å². The molecule has 1 N–H and O–H groups in total. The molecule has 0 fully saturated rings. The number of fused-ring (bicyclic) bond motifs is 1. The standard InChI is InChI=1S/C13H10N4O3S/c1-20-9-4-10-11(7-16-13(10)15-6-9)21-12-3-2-8(5-14-12)17(18)19/h2-7H,1H3,(H,15,16). The molecule has 0 saturated carbocycles. The highest BCUT2D eigenvalue weighted by Gasteiger charge is 2.10. The first-order chi connectivity index (χ1) is 10.2. The van der Waals surface area contributed by atoms with Crippen LogP contribution in [0.4, 0.5) is 5.69 Å². The Labute approximate surface area is 123 Å². The number of hydrogen-bond acceptors (Lipinski definition) is 6. The van der Waals surface area contributed by atoms with Gasteiger partial charge in [0, 0.05) is 22.5 Å². The van der Waals surface area contributed by atoms with Gasteiger partial charge in [0.25, 0.3) is 5.69 Å². The van der Waals surface area contributed by atoms with Crippen molar-refractivity contribution in [2.24, 2.45) is 0 Å². The monoisotopic (exact) mass is 302 g/mol. The average Bonchev–Trinajstić information content (AvgIpc) is 2.90. The first-order valence-corrected chi connectivity index (χ1v) is 6.78. The third kappa shape index (κ3) is 2.65. The number of nitrogens with zero attached hydrogens (tertiary/aromatic N) is 3. The summed E-state index contributed by atoms with van der Waals surface area (Å²) in [4.78, 5) is 22.5. The lowest BCUT2D eigenvalue weighted by Crippen LogP contribution is -1.89. The van der Waals surface area contributed by atoms with E-state index in [2.05, 4.69) is 15.0 Å². The molecule has 8 heteroatoms. The summed E-state index contributed by atoms with van der Waals surface area (Å²) in [7, 11) is 1.58. The zero-order chi connectivity index (χ0) is 14.8. The van der Waals surface area contributed by atoms with Gasteiger partial charge in [0.15, 0.2) is 0 Å². The smallest absolute Gasteiger partial charge is 0.287 e. The van der Waals surface area contributed by atoms with Crippen molar-refractivity contribution in [1.29, 1.82) is 0 Å². The summed E-state index contributed by atoms with van der Waals surface area (Å²) in [5.74, 6) is 0.667. The molecule has 106 valence electrons. The van der Waals surface area contributed by atoms with Gasteiger partial charge < -0.3 is 9.72 Å². The number of methoxy groups -OCH3 is 1. The lowest BCUT2D eigenvalue weighted by Gasteiger charge is -2.01. The van der Waals surface area contributed by atoms with Gasteiger partial charge in [-0.2, -0.15) is 0 Å².